The summed E-state index contributed by atoms with van der Waals surface area (Å²) in [7, 11) is 4.00. The van der Waals surface area contributed by atoms with Crippen molar-refractivity contribution in [1.29, 1.82) is 0 Å². The summed E-state index contributed by atoms with van der Waals surface area (Å²) in [4.78, 5) is 75.6. The van der Waals surface area contributed by atoms with Crippen molar-refractivity contribution in [2.24, 2.45) is 23.7 Å². The average molecular weight is 925 g/mol. The molecule has 16 nitrogen and oxygen atoms in total. The predicted molar refractivity (Wildman–Crippen MR) is 251 cm³/mol. The number of amides is 4. The number of carbonyl (C=O) groups is 4. The van der Waals surface area contributed by atoms with E-state index >= 15 is 0 Å². The van der Waals surface area contributed by atoms with Crippen molar-refractivity contribution in [3.63, 3.8) is 0 Å². The SMILES string of the molecule is CC[C@H](C)[C@@H]([C@@H](CC(=O)N1CCC[C@H]1[C@H](OC)[C@@H](C)C(=O)NCCc1ccc(OP(=O)(O)Oc2ccc3ccccc3n2)cc1)OC)N(C)C(=O)[C@@H](NC(=O)[C@H](C(C)C)N(C)C)C(C)C. The number of pyridine rings is 1. The zero-order valence-corrected chi connectivity index (χ0v) is 41.2. The number of fused-ring (bicyclic) bond motifs is 1. The Balaban J connectivity index is 1.35. The highest BCUT2D eigenvalue weighted by Crippen LogP contribution is 2.44. The molecule has 9 atom stereocenters. The van der Waals surface area contributed by atoms with Gasteiger partial charge in [-0.1, -0.05) is 85.2 Å². The molecule has 1 unspecified atom stereocenters. The third kappa shape index (κ3) is 14.2. The number of methoxy groups -OCH3 is 2. The van der Waals surface area contributed by atoms with Crippen LogP contribution in [0, 0.1) is 23.7 Å². The Bertz CT molecular complexity index is 2080. The van der Waals surface area contributed by atoms with Crippen molar-refractivity contribution in [1.82, 2.24) is 30.3 Å². The number of nitrogens with zero attached hydrogens (tertiary/aromatic N) is 4. The van der Waals surface area contributed by atoms with Crippen LogP contribution in [0.5, 0.6) is 11.6 Å². The molecule has 4 rings (SSSR count). The van der Waals surface area contributed by atoms with Crippen LogP contribution in [-0.4, -0.2) is 133 Å². The zero-order valence-electron chi connectivity index (χ0n) is 40.4. The smallest absolute Gasteiger partial charge is 0.395 e. The van der Waals surface area contributed by atoms with Gasteiger partial charge in [0.2, 0.25) is 29.5 Å². The van der Waals surface area contributed by atoms with Crippen LogP contribution >= 0.6 is 7.82 Å². The summed E-state index contributed by atoms with van der Waals surface area (Å²) < 4.78 is 35.2. The van der Waals surface area contributed by atoms with E-state index in [0.717, 1.165) is 23.8 Å². The maximum atomic E-state index is 14.3. The normalized spacial score (nSPS) is 18.3. The van der Waals surface area contributed by atoms with Gasteiger partial charge in [0.25, 0.3) is 0 Å². The number of hydrogen-bond donors (Lipinski definition) is 3. The zero-order chi connectivity index (χ0) is 48.2. The molecule has 2 heterocycles. The second-order valence-electron chi connectivity index (χ2n) is 18.2. The molecule has 1 fully saturated rings. The van der Waals surface area contributed by atoms with Crippen molar-refractivity contribution in [2.75, 3.05) is 48.5 Å². The van der Waals surface area contributed by atoms with Gasteiger partial charge in [-0.3, -0.25) is 29.0 Å². The van der Waals surface area contributed by atoms with E-state index in [2.05, 4.69) is 15.6 Å². The molecule has 1 aromatic heterocycles. The van der Waals surface area contributed by atoms with Gasteiger partial charge in [0.05, 0.1) is 48.2 Å². The number of aromatic nitrogens is 1. The molecule has 2 aromatic carbocycles. The molecule has 0 bridgehead atoms. The molecule has 360 valence electrons. The third-order valence-electron chi connectivity index (χ3n) is 12.6. The number of ether oxygens (including phenoxy) is 2. The van der Waals surface area contributed by atoms with Gasteiger partial charge in [0, 0.05) is 45.8 Å². The molecule has 1 saturated heterocycles. The van der Waals surface area contributed by atoms with E-state index in [-0.39, 0.29) is 65.5 Å². The summed E-state index contributed by atoms with van der Waals surface area (Å²) in [6.07, 6.45) is 1.40. The maximum absolute atomic E-state index is 14.3. The molecule has 0 saturated carbocycles. The molecule has 0 radical (unpaired) electrons. The number of nitrogens with one attached hydrogen (secondary N) is 2. The van der Waals surface area contributed by atoms with Crippen LogP contribution in [0.3, 0.4) is 0 Å². The lowest BCUT2D eigenvalue weighted by atomic mass is 9.89. The molecule has 17 heteroatoms. The first-order valence-electron chi connectivity index (χ1n) is 22.8. The van der Waals surface area contributed by atoms with Gasteiger partial charge in [0.1, 0.15) is 11.8 Å². The minimum Gasteiger partial charge on any atom is -0.395 e. The molecular formula is C48H73N6O10P. The number of phosphoric ester groups is 1. The standard InChI is InChI=1S/C48H73N6O10P/c1-13-32(6)44(53(10)48(58)42(30(2)3)51-47(57)43(31(4)5)52(8)9)39(61-11)29-41(55)54-28-16-19-38(54)45(62-12)33(7)46(56)49-27-26-34-20-23-36(24-21-34)63-65(59,60)64-40-25-22-35-17-14-15-18-37(35)50-40/h14-15,17-18,20-25,30-33,38-39,42-45H,13,16,19,26-29H2,1-12H3,(H,49,56)(H,51,57)(H,59,60)/t32-,33+,38-,39+,42-,43-,44-,45+/m0/s1. The van der Waals surface area contributed by atoms with Gasteiger partial charge in [-0.2, -0.15) is 0 Å². The lowest BCUT2D eigenvalue weighted by Gasteiger charge is -2.41. The molecule has 65 heavy (non-hydrogen) atoms. The Morgan fingerprint density at radius 1 is 0.892 bits per heavy atom. The Morgan fingerprint density at radius 2 is 1.57 bits per heavy atom. The number of carbonyl (C=O) groups excluding carboxylic acids is 4. The van der Waals surface area contributed by atoms with Crippen molar-refractivity contribution in [3.8, 4) is 11.6 Å². The van der Waals surface area contributed by atoms with Gasteiger partial charge < -0.3 is 39.0 Å². The van der Waals surface area contributed by atoms with Crippen LogP contribution in [0.2, 0.25) is 0 Å². The fraction of sp³-hybridized carbons (Fsp3) is 0.604. The summed E-state index contributed by atoms with van der Waals surface area (Å²) in [5, 5.41) is 6.90. The topological polar surface area (TPSA) is 189 Å². The van der Waals surface area contributed by atoms with Crippen molar-refractivity contribution >= 4 is 42.4 Å². The highest BCUT2D eigenvalue weighted by atomic mass is 31.2. The van der Waals surface area contributed by atoms with Gasteiger partial charge in [0.15, 0.2) is 0 Å². The molecule has 3 aromatic rings. The van der Waals surface area contributed by atoms with Gasteiger partial charge in [-0.15, -0.1) is 0 Å². The van der Waals surface area contributed by atoms with Gasteiger partial charge in [-0.05, 0) is 80.9 Å². The number of para-hydroxylation sites is 1. The second-order valence-corrected chi connectivity index (χ2v) is 19.5. The monoisotopic (exact) mass is 925 g/mol. The largest absolute Gasteiger partial charge is 0.586 e. The highest BCUT2D eigenvalue weighted by Gasteiger charge is 2.43. The van der Waals surface area contributed by atoms with Crippen LogP contribution in [-0.2, 0) is 39.6 Å². The van der Waals surface area contributed by atoms with Gasteiger partial charge >= 0.3 is 7.82 Å². The number of likely N-dealkylation sites (tertiary alicyclic amines) is 1. The summed E-state index contributed by atoms with van der Waals surface area (Å²) in [5.41, 5.74) is 1.47. The maximum Gasteiger partial charge on any atom is 0.586 e. The summed E-state index contributed by atoms with van der Waals surface area (Å²) in [5.74, 6) is -1.52. The van der Waals surface area contributed by atoms with E-state index in [4.69, 9.17) is 18.5 Å². The fourth-order valence-corrected chi connectivity index (χ4v) is 9.75. The predicted octanol–water partition coefficient (Wildman–Crippen LogP) is 6.10. The Hall–Kier alpha value is -4.60. The minimum atomic E-state index is -4.54. The quantitative estimate of drug-likeness (QED) is 0.0878. The van der Waals surface area contributed by atoms with Crippen LogP contribution in [0.15, 0.2) is 60.7 Å². The van der Waals surface area contributed by atoms with Crippen molar-refractivity contribution in [3.05, 3.63) is 66.2 Å². The molecule has 4 amide bonds. The number of rotatable bonds is 24. The first-order chi connectivity index (χ1) is 30.7. The highest BCUT2D eigenvalue weighted by molar-refractivity contribution is 7.48. The third-order valence-corrected chi connectivity index (χ3v) is 13.4. The van der Waals surface area contributed by atoms with Crippen molar-refractivity contribution in [2.45, 2.75) is 117 Å². The molecule has 0 spiro atoms. The van der Waals surface area contributed by atoms with Crippen LogP contribution in [0.25, 0.3) is 10.9 Å². The number of benzene rings is 2. The Morgan fingerprint density at radius 3 is 2.17 bits per heavy atom. The first kappa shape index (κ1) is 53.0. The van der Waals surface area contributed by atoms with E-state index < -0.39 is 44.1 Å². The van der Waals surface area contributed by atoms with Gasteiger partial charge in [-0.25, -0.2) is 9.55 Å². The molecule has 0 aliphatic carbocycles. The Kier molecular flexibility index (Phi) is 19.8. The number of likely N-dealkylation sites (N-methyl/N-ethyl adjacent to an activating group) is 2. The van der Waals surface area contributed by atoms with Crippen LogP contribution in [0.1, 0.15) is 79.7 Å². The lowest BCUT2D eigenvalue weighted by Crippen LogP contribution is -2.59. The second kappa shape index (κ2) is 24.3. The van der Waals surface area contributed by atoms with E-state index in [9.17, 15) is 28.6 Å². The van der Waals surface area contributed by atoms with E-state index in [1.54, 1.807) is 74.4 Å². The molecular weight excluding hydrogens is 852 g/mol. The minimum absolute atomic E-state index is 0.0137. The number of hydrogen-bond acceptors (Lipinski definition) is 11. The lowest BCUT2D eigenvalue weighted by molar-refractivity contribution is -0.148. The van der Waals surface area contributed by atoms with Crippen LogP contribution < -0.4 is 19.7 Å². The average Bonchev–Trinajstić information content (AvgIpc) is 3.74. The molecule has 1 aliphatic heterocycles. The molecule has 1 aliphatic rings. The van der Waals surface area contributed by atoms with Crippen LogP contribution in [0.4, 0.5) is 0 Å². The summed E-state index contributed by atoms with van der Waals surface area (Å²) in [6, 6.07) is 15.1. The van der Waals surface area contributed by atoms with Crippen molar-refractivity contribution < 1.29 is 47.2 Å². The van der Waals surface area contributed by atoms with E-state index in [0.29, 0.717) is 31.4 Å². The summed E-state index contributed by atoms with van der Waals surface area (Å²) >= 11 is 0. The Labute approximate surface area is 385 Å². The molecule has 3 N–H and O–H groups in total. The number of phosphoric acid groups is 1. The first-order valence-corrected chi connectivity index (χ1v) is 24.3. The summed E-state index contributed by atoms with van der Waals surface area (Å²) in [6.45, 7) is 14.5. The van der Waals surface area contributed by atoms with E-state index in [1.807, 2.05) is 78.7 Å². The van der Waals surface area contributed by atoms with E-state index in [1.165, 1.54) is 6.07 Å². The fourth-order valence-electron chi connectivity index (χ4n) is 8.99.